The number of carbonyl (C=O) groups is 1. The third kappa shape index (κ3) is 2.69. The minimum absolute atomic E-state index is 0.0489. The zero-order valence-electron chi connectivity index (χ0n) is 19.9. The molecule has 3 heteroatoms. The molecule has 1 saturated heterocycles. The van der Waals surface area contributed by atoms with E-state index in [4.69, 9.17) is 9.47 Å². The van der Waals surface area contributed by atoms with Crippen molar-refractivity contribution in [3.63, 3.8) is 0 Å². The molecule has 0 N–H and O–H groups in total. The number of carbonyl (C=O) groups excluding carboxylic acids is 1. The van der Waals surface area contributed by atoms with Gasteiger partial charge >= 0.3 is 5.97 Å². The van der Waals surface area contributed by atoms with Gasteiger partial charge in [0, 0.05) is 0 Å². The second-order valence-electron chi connectivity index (χ2n) is 13.9. The molecule has 6 fully saturated rings. The Morgan fingerprint density at radius 1 is 0.933 bits per heavy atom. The van der Waals surface area contributed by atoms with E-state index >= 15 is 0 Å². The van der Waals surface area contributed by atoms with Gasteiger partial charge in [-0.05, 0) is 104 Å². The lowest BCUT2D eigenvalue weighted by atomic mass is 9.62. The lowest BCUT2D eigenvalue weighted by Gasteiger charge is -2.44. The highest BCUT2D eigenvalue weighted by molar-refractivity contribution is 5.76. The smallest absolute Gasteiger partial charge is 0.312 e. The Morgan fingerprint density at radius 2 is 1.67 bits per heavy atom. The molecule has 30 heavy (non-hydrogen) atoms. The summed E-state index contributed by atoms with van der Waals surface area (Å²) in [5, 5.41) is 0. The SMILES string of the molecule is CC(C)C(C)(CC(C)(C)C)C(=O)OCC1CC2CC1C1C3CC(C4C3CC3OC34)C21. The molecule has 0 spiro atoms. The van der Waals surface area contributed by atoms with E-state index < -0.39 is 0 Å². The van der Waals surface area contributed by atoms with Crippen molar-refractivity contribution in [3.05, 3.63) is 0 Å². The van der Waals surface area contributed by atoms with Crippen LogP contribution in [0.15, 0.2) is 0 Å². The van der Waals surface area contributed by atoms with Crippen LogP contribution in [0, 0.1) is 70.0 Å². The molecular weight excluding hydrogens is 372 g/mol. The monoisotopic (exact) mass is 414 g/mol. The maximum absolute atomic E-state index is 13.3. The molecule has 1 aliphatic heterocycles. The molecule has 0 radical (unpaired) electrons. The molecule has 5 aliphatic carbocycles. The van der Waals surface area contributed by atoms with Crippen molar-refractivity contribution in [2.75, 3.05) is 6.61 Å². The summed E-state index contributed by atoms with van der Waals surface area (Å²) in [6.45, 7) is 13.9. The average molecular weight is 415 g/mol. The van der Waals surface area contributed by atoms with Gasteiger partial charge in [0.2, 0.25) is 0 Å². The van der Waals surface area contributed by atoms with Crippen LogP contribution in [0.3, 0.4) is 0 Å². The quantitative estimate of drug-likeness (QED) is 0.335. The lowest BCUT2D eigenvalue weighted by Crippen LogP contribution is -2.42. The molecule has 0 amide bonds. The normalized spacial score (nSPS) is 51.6. The molecule has 12 atom stereocenters. The van der Waals surface area contributed by atoms with Crippen LogP contribution in [-0.2, 0) is 14.3 Å². The molecule has 1 heterocycles. The van der Waals surface area contributed by atoms with E-state index in [1.165, 1.54) is 25.7 Å². The topological polar surface area (TPSA) is 38.8 Å². The molecule has 0 aromatic heterocycles. The number of fused-ring (bicyclic) bond motifs is 14. The van der Waals surface area contributed by atoms with Gasteiger partial charge in [0.25, 0.3) is 0 Å². The molecule has 6 rings (SSSR count). The summed E-state index contributed by atoms with van der Waals surface area (Å²) in [7, 11) is 0. The Morgan fingerprint density at radius 3 is 2.37 bits per heavy atom. The summed E-state index contributed by atoms with van der Waals surface area (Å²) < 4.78 is 12.1. The second-order valence-corrected chi connectivity index (χ2v) is 13.9. The van der Waals surface area contributed by atoms with Gasteiger partial charge < -0.3 is 9.47 Å². The number of ether oxygens (including phenoxy) is 2. The molecule has 5 saturated carbocycles. The summed E-state index contributed by atoms with van der Waals surface area (Å²) in [6, 6.07) is 0. The van der Waals surface area contributed by atoms with E-state index in [9.17, 15) is 4.79 Å². The van der Waals surface area contributed by atoms with Crippen LogP contribution < -0.4 is 0 Å². The second kappa shape index (κ2) is 6.27. The molecule has 0 aromatic carbocycles. The van der Waals surface area contributed by atoms with Crippen molar-refractivity contribution in [3.8, 4) is 0 Å². The first-order chi connectivity index (χ1) is 14.1. The first-order valence-electron chi connectivity index (χ1n) is 12.9. The molecule has 4 bridgehead atoms. The van der Waals surface area contributed by atoms with Gasteiger partial charge in [-0.1, -0.05) is 34.6 Å². The van der Waals surface area contributed by atoms with Gasteiger partial charge in [0.05, 0.1) is 24.2 Å². The van der Waals surface area contributed by atoms with E-state index in [2.05, 4.69) is 41.5 Å². The zero-order chi connectivity index (χ0) is 21.2. The average Bonchev–Trinajstić information content (AvgIpc) is 3.13. The number of esters is 1. The highest BCUT2D eigenvalue weighted by atomic mass is 16.6. The van der Waals surface area contributed by atoms with Crippen molar-refractivity contribution in [2.24, 2.45) is 70.0 Å². The van der Waals surface area contributed by atoms with Crippen LogP contribution in [0.4, 0.5) is 0 Å². The maximum Gasteiger partial charge on any atom is 0.312 e. The van der Waals surface area contributed by atoms with Gasteiger partial charge in [-0.15, -0.1) is 0 Å². The molecule has 168 valence electrons. The van der Waals surface area contributed by atoms with Crippen molar-refractivity contribution in [2.45, 2.75) is 85.9 Å². The fourth-order valence-corrected chi connectivity index (χ4v) is 9.86. The van der Waals surface area contributed by atoms with Crippen LogP contribution in [0.2, 0.25) is 0 Å². The third-order valence-electron chi connectivity index (χ3n) is 10.9. The van der Waals surface area contributed by atoms with Crippen molar-refractivity contribution in [1.82, 2.24) is 0 Å². The summed E-state index contributed by atoms with van der Waals surface area (Å²) in [5.74, 6) is 8.46. The molecule has 6 aliphatic rings. The number of rotatable bonds is 5. The molecular formula is C27H42O3. The van der Waals surface area contributed by atoms with Gasteiger partial charge in [-0.3, -0.25) is 4.79 Å². The summed E-state index contributed by atoms with van der Waals surface area (Å²) in [4.78, 5) is 13.3. The van der Waals surface area contributed by atoms with Gasteiger partial charge in [-0.2, -0.15) is 0 Å². The van der Waals surface area contributed by atoms with Gasteiger partial charge in [-0.25, -0.2) is 0 Å². The van der Waals surface area contributed by atoms with E-state index in [0.717, 1.165) is 53.8 Å². The van der Waals surface area contributed by atoms with E-state index in [0.29, 0.717) is 30.7 Å². The first-order valence-corrected chi connectivity index (χ1v) is 12.9. The predicted molar refractivity (Wildman–Crippen MR) is 117 cm³/mol. The number of hydrogen-bond acceptors (Lipinski definition) is 3. The van der Waals surface area contributed by atoms with Crippen LogP contribution in [-0.4, -0.2) is 24.8 Å². The standard InChI is InChI=1S/C27H42O3/c1-13(2)27(6,12-26(3,4)5)25(28)29-11-15-7-14-8-16(15)22-17-9-19(21(14)22)23-18(17)10-20-24(23)30-20/h13-24H,7-12H2,1-6H3. The third-order valence-corrected chi connectivity index (χ3v) is 10.9. The predicted octanol–water partition coefficient (Wildman–Crippen LogP) is 5.57. The minimum Gasteiger partial charge on any atom is -0.465 e. The maximum atomic E-state index is 13.3. The Labute approximate surface area is 183 Å². The highest BCUT2D eigenvalue weighted by Crippen LogP contribution is 2.75. The van der Waals surface area contributed by atoms with E-state index in [1.807, 2.05) is 0 Å². The molecule has 3 nitrogen and oxygen atoms in total. The Bertz CT molecular complexity index is 737. The number of epoxide rings is 1. The number of hydrogen-bond donors (Lipinski definition) is 0. The Kier molecular flexibility index (Phi) is 4.19. The minimum atomic E-state index is -0.386. The van der Waals surface area contributed by atoms with Crippen LogP contribution in [0.1, 0.15) is 73.6 Å². The largest absolute Gasteiger partial charge is 0.465 e. The van der Waals surface area contributed by atoms with Gasteiger partial charge in [0.1, 0.15) is 0 Å². The summed E-state index contributed by atoms with van der Waals surface area (Å²) >= 11 is 0. The fraction of sp³-hybridized carbons (Fsp3) is 0.963. The highest BCUT2D eigenvalue weighted by Gasteiger charge is 2.73. The molecule has 12 unspecified atom stereocenters. The first kappa shape index (κ1) is 20.1. The van der Waals surface area contributed by atoms with Crippen molar-refractivity contribution >= 4 is 5.97 Å². The van der Waals surface area contributed by atoms with Crippen molar-refractivity contribution < 1.29 is 14.3 Å². The van der Waals surface area contributed by atoms with Crippen LogP contribution in [0.5, 0.6) is 0 Å². The van der Waals surface area contributed by atoms with Crippen molar-refractivity contribution in [1.29, 1.82) is 0 Å². The van der Waals surface area contributed by atoms with E-state index in [1.54, 1.807) is 0 Å². The van der Waals surface area contributed by atoms with Crippen LogP contribution >= 0.6 is 0 Å². The fourth-order valence-electron chi connectivity index (χ4n) is 9.86. The Balaban J connectivity index is 1.12. The Hall–Kier alpha value is -0.570. The van der Waals surface area contributed by atoms with Crippen LogP contribution in [0.25, 0.3) is 0 Å². The summed E-state index contributed by atoms with van der Waals surface area (Å²) in [5.41, 5.74) is -0.258. The lowest BCUT2D eigenvalue weighted by molar-refractivity contribution is -0.162. The summed E-state index contributed by atoms with van der Waals surface area (Å²) in [6.07, 6.45) is 7.75. The van der Waals surface area contributed by atoms with Gasteiger partial charge in [0.15, 0.2) is 0 Å². The zero-order valence-corrected chi connectivity index (χ0v) is 19.9. The van der Waals surface area contributed by atoms with E-state index in [-0.39, 0.29) is 16.8 Å². The molecule has 0 aromatic rings.